The van der Waals surface area contributed by atoms with E-state index in [1.54, 1.807) is 10.7 Å². The lowest BCUT2D eigenvalue weighted by Crippen LogP contribution is -2.40. The van der Waals surface area contributed by atoms with Gasteiger partial charge in [-0.3, -0.25) is 9.69 Å². The van der Waals surface area contributed by atoms with Crippen LogP contribution in [-0.4, -0.2) is 39.7 Å². The van der Waals surface area contributed by atoms with Gasteiger partial charge in [0.05, 0.1) is 11.4 Å². The van der Waals surface area contributed by atoms with E-state index in [1.807, 2.05) is 18.3 Å². The van der Waals surface area contributed by atoms with Crippen molar-refractivity contribution in [3.05, 3.63) is 48.0 Å². The zero-order valence-corrected chi connectivity index (χ0v) is 14.2. The predicted molar refractivity (Wildman–Crippen MR) is 92.7 cm³/mol. The molecule has 1 aromatic carbocycles. The number of benzene rings is 1. The molecule has 2 heterocycles. The number of nitrogens with zero attached hydrogens (tertiary/aromatic N) is 3. The zero-order chi connectivity index (χ0) is 17.2. The summed E-state index contributed by atoms with van der Waals surface area (Å²) in [7, 11) is 0. The Kier molecular flexibility index (Phi) is 4.53. The Morgan fingerprint density at radius 1 is 1.20 bits per heavy atom. The molecule has 5 nitrogen and oxygen atoms in total. The molecular formula is C19H23FN4O. The first kappa shape index (κ1) is 16.3. The van der Waals surface area contributed by atoms with Crippen molar-refractivity contribution in [1.29, 1.82) is 0 Å². The van der Waals surface area contributed by atoms with Crippen molar-refractivity contribution in [1.82, 2.24) is 20.0 Å². The first-order valence-corrected chi connectivity index (χ1v) is 9.00. The van der Waals surface area contributed by atoms with Gasteiger partial charge in [-0.05, 0) is 63.0 Å². The van der Waals surface area contributed by atoms with Gasteiger partial charge in [-0.25, -0.2) is 9.07 Å². The summed E-state index contributed by atoms with van der Waals surface area (Å²) in [4.78, 5) is 14.5. The standard InChI is InChI=1S/C19H23FN4O/c20-15-2-1-3-18(12-15)24-11-8-17(22-24)13-23-9-6-14(7-10-23)19(25)21-16-4-5-16/h1-3,8,11-12,14,16H,4-7,9-10,13H2,(H,21,25). The van der Waals surface area contributed by atoms with Crippen LogP contribution in [0.3, 0.4) is 0 Å². The van der Waals surface area contributed by atoms with E-state index in [9.17, 15) is 9.18 Å². The van der Waals surface area contributed by atoms with Crippen molar-refractivity contribution in [3.8, 4) is 5.69 Å². The minimum absolute atomic E-state index is 0.154. The summed E-state index contributed by atoms with van der Waals surface area (Å²) >= 11 is 0. The number of likely N-dealkylation sites (tertiary alicyclic amines) is 1. The van der Waals surface area contributed by atoms with Crippen LogP contribution in [0.2, 0.25) is 0 Å². The number of rotatable bonds is 5. The first-order valence-electron chi connectivity index (χ1n) is 9.00. The van der Waals surface area contributed by atoms with Crippen LogP contribution in [0.15, 0.2) is 36.5 Å². The molecule has 2 fully saturated rings. The Balaban J connectivity index is 1.31. The van der Waals surface area contributed by atoms with Gasteiger partial charge in [0.25, 0.3) is 0 Å². The Morgan fingerprint density at radius 3 is 2.72 bits per heavy atom. The van der Waals surface area contributed by atoms with E-state index >= 15 is 0 Å². The van der Waals surface area contributed by atoms with Gasteiger partial charge < -0.3 is 5.32 Å². The van der Waals surface area contributed by atoms with Crippen molar-refractivity contribution < 1.29 is 9.18 Å². The highest BCUT2D eigenvalue weighted by atomic mass is 19.1. The molecule has 1 aromatic heterocycles. The number of hydrogen-bond donors (Lipinski definition) is 1. The van der Waals surface area contributed by atoms with Gasteiger partial charge in [-0.15, -0.1) is 0 Å². The maximum absolute atomic E-state index is 13.3. The van der Waals surface area contributed by atoms with Gasteiger partial charge in [-0.2, -0.15) is 5.10 Å². The first-order chi connectivity index (χ1) is 12.2. The van der Waals surface area contributed by atoms with Gasteiger partial charge in [0, 0.05) is 24.7 Å². The topological polar surface area (TPSA) is 50.2 Å². The molecular weight excluding hydrogens is 319 g/mol. The van der Waals surface area contributed by atoms with E-state index in [2.05, 4.69) is 15.3 Å². The average Bonchev–Trinajstić information content (AvgIpc) is 3.30. The molecule has 1 saturated heterocycles. The minimum atomic E-state index is -0.263. The lowest BCUT2D eigenvalue weighted by molar-refractivity contribution is -0.126. The van der Waals surface area contributed by atoms with Crippen LogP contribution in [0, 0.1) is 11.7 Å². The van der Waals surface area contributed by atoms with Gasteiger partial charge >= 0.3 is 0 Å². The highest BCUT2D eigenvalue weighted by Gasteiger charge is 2.29. The van der Waals surface area contributed by atoms with Crippen LogP contribution in [-0.2, 0) is 11.3 Å². The van der Waals surface area contributed by atoms with Crippen molar-refractivity contribution >= 4 is 5.91 Å². The second-order valence-corrected chi connectivity index (χ2v) is 7.06. The van der Waals surface area contributed by atoms with Crippen molar-refractivity contribution in [2.45, 2.75) is 38.3 Å². The maximum atomic E-state index is 13.3. The fourth-order valence-corrected chi connectivity index (χ4v) is 3.34. The highest BCUT2D eigenvalue weighted by molar-refractivity contribution is 5.79. The van der Waals surface area contributed by atoms with E-state index in [4.69, 9.17) is 0 Å². The van der Waals surface area contributed by atoms with Crippen LogP contribution in [0.1, 0.15) is 31.4 Å². The lowest BCUT2D eigenvalue weighted by Gasteiger charge is -2.30. The molecule has 1 N–H and O–H groups in total. The SMILES string of the molecule is O=C(NC1CC1)C1CCN(Cc2ccn(-c3cccc(F)c3)n2)CC1. The van der Waals surface area contributed by atoms with Crippen LogP contribution in [0.5, 0.6) is 0 Å². The van der Waals surface area contributed by atoms with Crippen molar-refractivity contribution in [3.63, 3.8) is 0 Å². The van der Waals surface area contributed by atoms with Crippen LogP contribution >= 0.6 is 0 Å². The molecule has 0 spiro atoms. The monoisotopic (exact) mass is 342 g/mol. The number of carbonyl (C=O) groups excluding carboxylic acids is 1. The number of amides is 1. The summed E-state index contributed by atoms with van der Waals surface area (Å²) in [5, 5.41) is 7.66. The lowest BCUT2D eigenvalue weighted by atomic mass is 9.96. The largest absolute Gasteiger partial charge is 0.353 e. The molecule has 25 heavy (non-hydrogen) atoms. The number of carbonyl (C=O) groups is 1. The molecule has 4 rings (SSSR count). The Labute approximate surface area is 146 Å². The fourth-order valence-electron chi connectivity index (χ4n) is 3.34. The number of hydrogen-bond acceptors (Lipinski definition) is 3. The van der Waals surface area contributed by atoms with Crippen LogP contribution in [0.25, 0.3) is 5.69 Å². The molecule has 0 bridgehead atoms. The summed E-state index contributed by atoms with van der Waals surface area (Å²) in [5.74, 6) is 0.125. The molecule has 0 atom stereocenters. The molecule has 2 aliphatic rings. The summed E-state index contributed by atoms with van der Waals surface area (Å²) in [5.41, 5.74) is 1.69. The number of piperidine rings is 1. The van der Waals surface area contributed by atoms with Gasteiger partial charge in [0.1, 0.15) is 5.82 Å². The smallest absolute Gasteiger partial charge is 0.223 e. The number of nitrogens with one attached hydrogen (secondary N) is 1. The predicted octanol–water partition coefficient (Wildman–Crippen LogP) is 2.50. The van der Waals surface area contributed by atoms with E-state index in [1.165, 1.54) is 12.1 Å². The summed E-state index contributed by atoms with van der Waals surface area (Å²) in [6.45, 7) is 2.59. The third kappa shape index (κ3) is 4.07. The molecule has 6 heteroatoms. The van der Waals surface area contributed by atoms with E-state index in [0.717, 1.165) is 56.7 Å². The molecule has 1 aliphatic heterocycles. The van der Waals surface area contributed by atoms with Crippen LogP contribution in [0.4, 0.5) is 4.39 Å². The fraction of sp³-hybridized carbons (Fsp3) is 0.474. The number of aromatic nitrogens is 2. The van der Waals surface area contributed by atoms with E-state index < -0.39 is 0 Å². The van der Waals surface area contributed by atoms with Crippen molar-refractivity contribution in [2.24, 2.45) is 5.92 Å². The molecule has 2 aromatic rings. The molecule has 132 valence electrons. The molecule has 1 aliphatic carbocycles. The molecule has 0 radical (unpaired) electrons. The van der Waals surface area contributed by atoms with Gasteiger partial charge in [-0.1, -0.05) is 6.07 Å². The molecule has 1 amide bonds. The normalized spacial score (nSPS) is 19.1. The zero-order valence-electron chi connectivity index (χ0n) is 14.2. The molecule has 0 unspecified atom stereocenters. The summed E-state index contributed by atoms with van der Waals surface area (Å²) in [6.07, 6.45) is 5.95. The second-order valence-electron chi connectivity index (χ2n) is 7.06. The van der Waals surface area contributed by atoms with Crippen molar-refractivity contribution in [2.75, 3.05) is 13.1 Å². The minimum Gasteiger partial charge on any atom is -0.353 e. The Bertz CT molecular complexity index is 747. The van der Waals surface area contributed by atoms with E-state index in [-0.39, 0.29) is 17.6 Å². The third-order valence-corrected chi connectivity index (χ3v) is 4.98. The number of halogens is 1. The quantitative estimate of drug-likeness (QED) is 0.908. The van der Waals surface area contributed by atoms with Crippen LogP contribution < -0.4 is 5.32 Å². The average molecular weight is 342 g/mol. The Hall–Kier alpha value is -2.21. The molecule has 1 saturated carbocycles. The van der Waals surface area contributed by atoms with Gasteiger partial charge in [0.15, 0.2) is 0 Å². The van der Waals surface area contributed by atoms with E-state index in [0.29, 0.717) is 6.04 Å². The summed E-state index contributed by atoms with van der Waals surface area (Å²) in [6, 6.07) is 8.83. The highest BCUT2D eigenvalue weighted by Crippen LogP contribution is 2.23. The summed E-state index contributed by atoms with van der Waals surface area (Å²) < 4.78 is 15.0. The Morgan fingerprint density at radius 2 is 2.00 bits per heavy atom. The maximum Gasteiger partial charge on any atom is 0.223 e. The van der Waals surface area contributed by atoms with Gasteiger partial charge in [0.2, 0.25) is 5.91 Å². The second kappa shape index (κ2) is 6.96. The third-order valence-electron chi connectivity index (χ3n) is 4.98.